The molecule has 0 saturated heterocycles. The number of hydrogen-bond acceptors (Lipinski definition) is 8. The first kappa shape index (κ1) is 29.4. The molecular weight excluding hydrogens is 404 g/mol. The topological polar surface area (TPSA) is 81.7 Å². The summed E-state index contributed by atoms with van der Waals surface area (Å²) in [6, 6.07) is 0. The molecule has 8 heteroatoms. The Bertz CT molecular complexity index is 570. The molecule has 182 valence electrons. The van der Waals surface area contributed by atoms with Crippen molar-refractivity contribution in [2.75, 3.05) is 74.7 Å². The second-order valence-corrected chi connectivity index (χ2v) is 8.53. The molecule has 2 unspecified atom stereocenters. The van der Waals surface area contributed by atoms with Crippen LogP contribution in [0.5, 0.6) is 0 Å². The molecule has 0 rings (SSSR count). The Morgan fingerprint density at radius 1 is 0.677 bits per heavy atom. The number of methoxy groups -OCH3 is 4. The average Bonchev–Trinajstić information content (AvgIpc) is 2.74. The Morgan fingerprint density at radius 2 is 1.06 bits per heavy atom. The van der Waals surface area contributed by atoms with Gasteiger partial charge in [-0.2, -0.15) is 0 Å². The van der Waals surface area contributed by atoms with Gasteiger partial charge in [0.15, 0.2) is 0 Å². The lowest BCUT2D eigenvalue weighted by Crippen LogP contribution is -2.41. The van der Waals surface area contributed by atoms with Crippen LogP contribution in [0.3, 0.4) is 0 Å². The third-order valence-corrected chi connectivity index (χ3v) is 5.17. The van der Waals surface area contributed by atoms with Crippen molar-refractivity contribution in [3.63, 3.8) is 0 Å². The Morgan fingerprint density at radius 3 is 1.39 bits per heavy atom. The molecule has 0 aliphatic carbocycles. The molecule has 0 aromatic heterocycles. The summed E-state index contributed by atoms with van der Waals surface area (Å²) in [5.41, 5.74) is -2.23. The van der Waals surface area contributed by atoms with E-state index in [-0.39, 0.29) is 13.2 Å². The van der Waals surface area contributed by atoms with Gasteiger partial charge in [0, 0.05) is 27.9 Å². The zero-order valence-corrected chi connectivity index (χ0v) is 20.6. The Balaban J connectivity index is 5.33. The minimum atomic E-state index is -1.10. The molecular formula is C23H42O8. The van der Waals surface area contributed by atoms with E-state index in [1.807, 2.05) is 20.8 Å². The standard InChI is InChI=1S/C23H42O8/c1-11-29-15-22(5,14-27-9)19(3)31-17-23(6,20(24)28-10)16-30-18(2)21(4,12-25-7)13-26-8/h2-3,11-17H2,1,4-10H3. The van der Waals surface area contributed by atoms with Crippen LogP contribution < -0.4 is 0 Å². The highest BCUT2D eigenvalue weighted by molar-refractivity contribution is 5.76. The largest absolute Gasteiger partial charge is 0.496 e. The van der Waals surface area contributed by atoms with Crippen molar-refractivity contribution in [1.29, 1.82) is 0 Å². The fourth-order valence-electron chi connectivity index (χ4n) is 2.94. The van der Waals surface area contributed by atoms with E-state index < -0.39 is 22.2 Å². The normalized spacial score (nSPS) is 15.5. The zero-order chi connectivity index (χ0) is 24.1. The quantitative estimate of drug-likeness (QED) is 0.235. The van der Waals surface area contributed by atoms with Crippen LogP contribution in [0.1, 0.15) is 27.7 Å². The summed E-state index contributed by atoms with van der Waals surface area (Å²) >= 11 is 0. The van der Waals surface area contributed by atoms with Crippen molar-refractivity contribution in [2.24, 2.45) is 16.2 Å². The molecule has 0 radical (unpaired) electrons. The van der Waals surface area contributed by atoms with E-state index in [9.17, 15) is 4.79 Å². The molecule has 0 spiro atoms. The first-order chi connectivity index (χ1) is 14.5. The molecule has 0 aromatic carbocycles. The maximum Gasteiger partial charge on any atom is 0.318 e. The maximum absolute atomic E-state index is 12.6. The summed E-state index contributed by atoms with van der Waals surface area (Å²) in [4.78, 5) is 12.6. The van der Waals surface area contributed by atoms with Gasteiger partial charge in [-0.1, -0.05) is 13.2 Å². The van der Waals surface area contributed by atoms with Crippen LogP contribution in [0.4, 0.5) is 0 Å². The number of carbonyl (C=O) groups is 1. The van der Waals surface area contributed by atoms with E-state index in [2.05, 4.69) is 13.2 Å². The number of hydrogen-bond donors (Lipinski definition) is 0. The van der Waals surface area contributed by atoms with Crippen molar-refractivity contribution in [3.05, 3.63) is 24.7 Å². The van der Waals surface area contributed by atoms with Gasteiger partial charge >= 0.3 is 5.97 Å². The summed E-state index contributed by atoms with van der Waals surface area (Å²) in [6.07, 6.45) is 0. The second kappa shape index (κ2) is 13.7. The van der Waals surface area contributed by atoms with Crippen molar-refractivity contribution >= 4 is 5.97 Å². The summed E-state index contributed by atoms with van der Waals surface area (Å²) < 4.78 is 38.3. The van der Waals surface area contributed by atoms with Gasteiger partial charge in [0.1, 0.15) is 18.6 Å². The molecule has 0 N–H and O–H groups in total. The molecule has 0 aliphatic rings. The molecule has 0 aromatic rings. The molecule has 0 heterocycles. The van der Waals surface area contributed by atoms with Gasteiger partial charge in [0.2, 0.25) is 0 Å². The minimum absolute atomic E-state index is 0.00125. The fourth-order valence-corrected chi connectivity index (χ4v) is 2.94. The fraction of sp³-hybridized carbons (Fsp3) is 0.783. The van der Waals surface area contributed by atoms with Crippen LogP contribution in [0.15, 0.2) is 24.7 Å². The van der Waals surface area contributed by atoms with E-state index in [4.69, 9.17) is 33.2 Å². The molecule has 2 atom stereocenters. The first-order valence-electron chi connectivity index (χ1n) is 10.3. The molecule has 0 fully saturated rings. The highest BCUT2D eigenvalue weighted by Crippen LogP contribution is 2.33. The maximum atomic E-state index is 12.6. The zero-order valence-electron chi connectivity index (χ0n) is 20.6. The number of rotatable bonds is 18. The smallest absolute Gasteiger partial charge is 0.318 e. The summed E-state index contributed by atoms with van der Waals surface area (Å²) in [7, 11) is 6.12. The highest BCUT2D eigenvalue weighted by atomic mass is 16.5. The Labute approximate surface area is 187 Å². The Kier molecular flexibility index (Phi) is 13.0. The Hall–Kier alpha value is -1.61. The van der Waals surface area contributed by atoms with Crippen LogP contribution in [0.25, 0.3) is 0 Å². The predicted molar refractivity (Wildman–Crippen MR) is 119 cm³/mol. The summed E-state index contributed by atoms with van der Waals surface area (Å²) in [5.74, 6) is 0.442. The second-order valence-electron chi connectivity index (χ2n) is 8.53. The van der Waals surface area contributed by atoms with Gasteiger partial charge in [0.05, 0.1) is 55.9 Å². The molecule has 8 nitrogen and oxygen atoms in total. The molecule has 0 saturated carbocycles. The first-order valence-corrected chi connectivity index (χ1v) is 10.3. The molecule has 31 heavy (non-hydrogen) atoms. The number of esters is 1. The lowest BCUT2D eigenvalue weighted by Gasteiger charge is -2.35. The molecule has 0 aliphatic heterocycles. The van der Waals surface area contributed by atoms with Crippen molar-refractivity contribution in [2.45, 2.75) is 27.7 Å². The van der Waals surface area contributed by atoms with Gasteiger partial charge in [-0.05, 0) is 27.7 Å². The average molecular weight is 447 g/mol. The lowest BCUT2D eigenvalue weighted by molar-refractivity contribution is -0.159. The van der Waals surface area contributed by atoms with Crippen LogP contribution in [-0.4, -0.2) is 80.7 Å². The SMILES string of the molecule is C=C(OCC(C)(COC(=C)C(C)(COC)COCC)C(=O)OC)C(C)(COC)COC. The van der Waals surface area contributed by atoms with E-state index >= 15 is 0 Å². The third kappa shape index (κ3) is 8.80. The summed E-state index contributed by atoms with van der Waals surface area (Å²) in [6.45, 7) is 17.6. The van der Waals surface area contributed by atoms with Gasteiger partial charge < -0.3 is 33.2 Å². The monoisotopic (exact) mass is 446 g/mol. The number of carbonyl (C=O) groups excluding carboxylic acids is 1. The third-order valence-electron chi connectivity index (χ3n) is 5.17. The summed E-state index contributed by atoms with van der Waals surface area (Å²) in [5, 5.41) is 0. The van der Waals surface area contributed by atoms with Gasteiger partial charge in [0.25, 0.3) is 0 Å². The van der Waals surface area contributed by atoms with Crippen LogP contribution in [-0.2, 0) is 38.0 Å². The van der Waals surface area contributed by atoms with Crippen molar-refractivity contribution in [1.82, 2.24) is 0 Å². The van der Waals surface area contributed by atoms with E-state index in [0.717, 1.165) is 0 Å². The lowest BCUT2D eigenvalue weighted by atomic mass is 9.89. The van der Waals surface area contributed by atoms with E-state index in [1.165, 1.54) is 7.11 Å². The van der Waals surface area contributed by atoms with E-state index in [1.54, 1.807) is 28.3 Å². The highest BCUT2D eigenvalue weighted by Gasteiger charge is 2.40. The van der Waals surface area contributed by atoms with Crippen LogP contribution >= 0.6 is 0 Å². The predicted octanol–water partition coefficient (Wildman–Crippen LogP) is 3.21. The van der Waals surface area contributed by atoms with Crippen LogP contribution in [0.2, 0.25) is 0 Å². The van der Waals surface area contributed by atoms with Crippen LogP contribution in [0, 0.1) is 16.2 Å². The minimum Gasteiger partial charge on any atom is -0.496 e. The van der Waals surface area contributed by atoms with Gasteiger partial charge in [-0.3, -0.25) is 4.79 Å². The van der Waals surface area contributed by atoms with Crippen molar-refractivity contribution in [3.8, 4) is 0 Å². The van der Waals surface area contributed by atoms with Crippen molar-refractivity contribution < 1.29 is 38.0 Å². The van der Waals surface area contributed by atoms with E-state index in [0.29, 0.717) is 44.6 Å². The van der Waals surface area contributed by atoms with Gasteiger partial charge in [-0.25, -0.2) is 0 Å². The molecule has 0 bridgehead atoms. The number of ether oxygens (including phenoxy) is 7. The molecule has 0 amide bonds. The van der Waals surface area contributed by atoms with Gasteiger partial charge in [-0.15, -0.1) is 0 Å².